The van der Waals surface area contributed by atoms with Gasteiger partial charge < -0.3 is 15.0 Å². The Bertz CT molecular complexity index is 696. The SMILES string of the molecule is CC(C)(C)OC(=O)N1CCCC1CNCc1ccc(S(N)(=O)=O)cc1. The summed E-state index contributed by atoms with van der Waals surface area (Å²) in [5.74, 6) is 0. The van der Waals surface area contributed by atoms with Crippen LogP contribution in [0.5, 0.6) is 0 Å². The van der Waals surface area contributed by atoms with Gasteiger partial charge in [-0.1, -0.05) is 12.1 Å². The highest BCUT2D eigenvalue weighted by atomic mass is 32.2. The van der Waals surface area contributed by atoms with Gasteiger partial charge in [0, 0.05) is 25.7 Å². The number of amides is 1. The zero-order valence-electron chi connectivity index (χ0n) is 15.0. The van der Waals surface area contributed by atoms with Gasteiger partial charge in [-0.3, -0.25) is 0 Å². The highest BCUT2D eigenvalue weighted by Gasteiger charge is 2.31. The molecule has 0 aromatic heterocycles. The molecule has 25 heavy (non-hydrogen) atoms. The Kier molecular flexibility index (Phi) is 6.08. The van der Waals surface area contributed by atoms with Crippen LogP contribution in [0.1, 0.15) is 39.2 Å². The van der Waals surface area contributed by atoms with Crippen molar-refractivity contribution in [1.29, 1.82) is 0 Å². The summed E-state index contributed by atoms with van der Waals surface area (Å²) in [6, 6.07) is 6.56. The normalized spacial score (nSPS) is 18.4. The molecule has 1 unspecified atom stereocenters. The molecule has 0 bridgehead atoms. The van der Waals surface area contributed by atoms with Crippen molar-refractivity contribution in [3.05, 3.63) is 29.8 Å². The molecule has 1 heterocycles. The smallest absolute Gasteiger partial charge is 0.410 e. The molecular formula is C17H27N3O4S. The van der Waals surface area contributed by atoms with E-state index < -0.39 is 15.6 Å². The molecule has 1 saturated heterocycles. The summed E-state index contributed by atoms with van der Waals surface area (Å²) in [7, 11) is -3.66. The number of benzene rings is 1. The van der Waals surface area contributed by atoms with Crippen molar-refractivity contribution in [2.45, 2.75) is 56.7 Å². The second kappa shape index (κ2) is 7.72. The molecule has 1 aromatic rings. The minimum Gasteiger partial charge on any atom is -0.444 e. The fourth-order valence-corrected chi connectivity index (χ4v) is 3.30. The van der Waals surface area contributed by atoms with Crippen molar-refractivity contribution in [3.8, 4) is 0 Å². The van der Waals surface area contributed by atoms with Crippen LogP contribution in [-0.2, 0) is 21.3 Å². The quantitative estimate of drug-likeness (QED) is 0.824. The number of nitrogens with one attached hydrogen (secondary N) is 1. The van der Waals surface area contributed by atoms with Crippen LogP contribution in [-0.4, -0.2) is 44.1 Å². The highest BCUT2D eigenvalue weighted by molar-refractivity contribution is 7.89. The van der Waals surface area contributed by atoms with Crippen molar-refractivity contribution in [2.24, 2.45) is 5.14 Å². The first-order valence-electron chi connectivity index (χ1n) is 8.38. The standard InChI is InChI=1S/C17H27N3O4S/c1-17(2,3)24-16(21)20-10-4-5-14(20)12-19-11-13-6-8-15(9-7-13)25(18,22)23/h6-9,14,19H,4-5,10-12H2,1-3H3,(H2,18,22,23). The zero-order valence-corrected chi connectivity index (χ0v) is 15.8. The summed E-state index contributed by atoms with van der Waals surface area (Å²) < 4.78 is 27.9. The van der Waals surface area contributed by atoms with Crippen molar-refractivity contribution >= 4 is 16.1 Å². The first kappa shape index (κ1) is 19.7. The number of carbonyl (C=O) groups is 1. The van der Waals surface area contributed by atoms with Crippen molar-refractivity contribution < 1.29 is 17.9 Å². The number of nitrogens with zero attached hydrogens (tertiary/aromatic N) is 1. The fourth-order valence-electron chi connectivity index (χ4n) is 2.79. The second-order valence-electron chi connectivity index (χ2n) is 7.29. The molecular weight excluding hydrogens is 342 g/mol. The van der Waals surface area contributed by atoms with Crippen LogP contribution in [0.4, 0.5) is 4.79 Å². The average Bonchev–Trinajstić information content (AvgIpc) is 2.94. The van der Waals surface area contributed by atoms with E-state index in [-0.39, 0.29) is 17.0 Å². The molecule has 140 valence electrons. The molecule has 1 amide bonds. The summed E-state index contributed by atoms with van der Waals surface area (Å²) in [6.45, 7) is 7.54. The van der Waals surface area contributed by atoms with Gasteiger partial charge in [0.2, 0.25) is 10.0 Å². The van der Waals surface area contributed by atoms with E-state index in [1.165, 1.54) is 12.1 Å². The van der Waals surface area contributed by atoms with Gasteiger partial charge >= 0.3 is 6.09 Å². The number of hydrogen-bond donors (Lipinski definition) is 2. The number of nitrogens with two attached hydrogens (primary N) is 1. The monoisotopic (exact) mass is 369 g/mol. The maximum atomic E-state index is 12.2. The Labute approximate surface area is 149 Å². The van der Waals surface area contributed by atoms with Gasteiger partial charge in [0.25, 0.3) is 0 Å². The van der Waals surface area contributed by atoms with E-state index >= 15 is 0 Å². The van der Waals surface area contributed by atoms with Crippen LogP contribution in [0.25, 0.3) is 0 Å². The van der Waals surface area contributed by atoms with Gasteiger partial charge in [-0.15, -0.1) is 0 Å². The van der Waals surface area contributed by atoms with Gasteiger partial charge in [0.1, 0.15) is 5.60 Å². The number of ether oxygens (including phenoxy) is 1. The van der Waals surface area contributed by atoms with Crippen molar-refractivity contribution in [2.75, 3.05) is 13.1 Å². The molecule has 1 aromatic carbocycles. The Morgan fingerprint density at radius 3 is 2.52 bits per heavy atom. The molecule has 1 fully saturated rings. The predicted molar refractivity (Wildman–Crippen MR) is 95.5 cm³/mol. The molecule has 1 atom stereocenters. The molecule has 0 aliphatic carbocycles. The van der Waals surface area contributed by atoms with E-state index in [1.54, 1.807) is 17.0 Å². The zero-order chi connectivity index (χ0) is 18.7. The Morgan fingerprint density at radius 2 is 1.96 bits per heavy atom. The maximum absolute atomic E-state index is 12.2. The van der Waals surface area contributed by atoms with Crippen LogP contribution >= 0.6 is 0 Å². The topological polar surface area (TPSA) is 102 Å². The fraction of sp³-hybridized carbons (Fsp3) is 0.588. The predicted octanol–water partition coefficient (Wildman–Crippen LogP) is 1.82. The van der Waals surface area contributed by atoms with Gasteiger partial charge in [-0.25, -0.2) is 18.4 Å². The highest BCUT2D eigenvalue weighted by Crippen LogP contribution is 2.20. The summed E-state index contributed by atoms with van der Waals surface area (Å²) in [5.41, 5.74) is 0.456. The third-order valence-corrected chi connectivity index (χ3v) is 4.90. The largest absolute Gasteiger partial charge is 0.444 e. The lowest BCUT2D eigenvalue weighted by atomic mass is 10.2. The molecule has 7 nitrogen and oxygen atoms in total. The van der Waals surface area contributed by atoms with E-state index in [1.807, 2.05) is 20.8 Å². The van der Waals surface area contributed by atoms with E-state index in [9.17, 15) is 13.2 Å². The first-order chi connectivity index (χ1) is 11.6. The number of primary sulfonamides is 1. The van der Waals surface area contributed by atoms with Crippen molar-refractivity contribution in [3.63, 3.8) is 0 Å². The minimum absolute atomic E-state index is 0.100. The number of carbonyl (C=O) groups excluding carboxylic acids is 1. The minimum atomic E-state index is -3.66. The Hall–Kier alpha value is -1.64. The third-order valence-electron chi connectivity index (χ3n) is 3.97. The van der Waals surface area contributed by atoms with Gasteiger partial charge in [-0.05, 0) is 51.3 Å². The van der Waals surface area contributed by atoms with Crippen LogP contribution in [0, 0.1) is 0 Å². The second-order valence-corrected chi connectivity index (χ2v) is 8.85. The average molecular weight is 369 g/mol. The summed E-state index contributed by atoms with van der Waals surface area (Å²) in [4.78, 5) is 14.1. The Balaban J connectivity index is 1.85. The summed E-state index contributed by atoms with van der Waals surface area (Å²) in [5, 5.41) is 8.40. The van der Waals surface area contributed by atoms with Gasteiger partial charge in [0.05, 0.1) is 4.90 Å². The van der Waals surface area contributed by atoms with Gasteiger partial charge in [-0.2, -0.15) is 0 Å². The van der Waals surface area contributed by atoms with Crippen LogP contribution < -0.4 is 10.5 Å². The molecule has 3 N–H and O–H groups in total. The van der Waals surface area contributed by atoms with Crippen LogP contribution in [0.15, 0.2) is 29.2 Å². The number of likely N-dealkylation sites (tertiary alicyclic amines) is 1. The van der Waals surface area contributed by atoms with E-state index in [4.69, 9.17) is 9.88 Å². The van der Waals surface area contributed by atoms with E-state index in [0.29, 0.717) is 19.6 Å². The molecule has 0 saturated carbocycles. The maximum Gasteiger partial charge on any atom is 0.410 e. The first-order valence-corrected chi connectivity index (χ1v) is 9.93. The summed E-state index contributed by atoms with van der Waals surface area (Å²) >= 11 is 0. The number of sulfonamides is 1. The molecule has 0 radical (unpaired) electrons. The molecule has 0 spiro atoms. The third kappa shape index (κ3) is 5.98. The number of rotatable bonds is 5. The lowest BCUT2D eigenvalue weighted by Crippen LogP contribution is -2.44. The summed E-state index contributed by atoms with van der Waals surface area (Å²) in [6.07, 6.45) is 1.64. The van der Waals surface area contributed by atoms with Crippen molar-refractivity contribution in [1.82, 2.24) is 10.2 Å². The Morgan fingerprint density at radius 1 is 1.32 bits per heavy atom. The lowest BCUT2D eigenvalue weighted by Gasteiger charge is -2.28. The van der Waals surface area contributed by atoms with E-state index in [2.05, 4.69) is 5.32 Å². The molecule has 8 heteroatoms. The molecule has 1 aliphatic heterocycles. The van der Waals surface area contributed by atoms with Gasteiger partial charge in [0.15, 0.2) is 0 Å². The number of hydrogen-bond acceptors (Lipinski definition) is 5. The van der Waals surface area contributed by atoms with Crippen LogP contribution in [0.2, 0.25) is 0 Å². The molecule has 1 aliphatic rings. The van der Waals surface area contributed by atoms with Crippen LogP contribution in [0.3, 0.4) is 0 Å². The lowest BCUT2D eigenvalue weighted by molar-refractivity contribution is 0.0226. The molecule has 2 rings (SSSR count). The van der Waals surface area contributed by atoms with E-state index in [0.717, 1.165) is 18.4 Å².